The molecule has 0 fully saturated rings. The van der Waals surface area contributed by atoms with Crippen LogP contribution in [0.2, 0.25) is 0 Å². The summed E-state index contributed by atoms with van der Waals surface area (Å²) in [7, 11) is -9.12. The topological polar surface area (TPSA) is 85.2 Å². The zero-order valence-corrected chi connectivity index (χ0v) is 32.4. The van der Waals surface area contributed by atoms with Gasteiger partial charge in [-0.05, 0) is 148 Å². The molecule has 7 nitrogen and oxygen atoms in total. The number of benzene rings is 4. The van der Waals surface area contributed by atoms with Gasteiger partial charge in [-0.15, -0.1) is 0 Å². The Balaban J connectivity index is 0.00000484. The summed E-state index contributed by atoms with van der Waals surface area (Å²) in [6, 6.07) is 20.9. The van der Waals surface area contributed by atoms with Crippen molar-refractivity contribution >= 4 is 15.5 Å². The van der Waals surface area contributed by atoms with Crippen LogP contribution >= 0.6 is 15.5 Å². The monoisotopic (exact) mass is 677 g/mol. The first-order valence-electron chi connectivity index (χ1n) is 13.3. The molecule has 10 heteroatoms. The van der Waals surface area contributed by atoms with Crippen LogP contribution in [0.4, 0.5) is 0 Å². The molecule has 0 atom stereocenters. The first kappa shape index (κ1) is 34.8. The molecule has 4 rings (SSSR count). The Kier molecular flexibility index (Phi) is 11.9. The number of nitrogens with zero attached hydrogens (tertiary/aromatic N) is 1. The number of hydrogen-bond acceptors (Lipinski definition) is 6. The average molecular weight is 678 g/mol. The van der Waals surface area contributed by atoms with E-state index < -0.39 is 15.5 Å². The van der Waals surface area contributed by atoms with Crippen molar-refractivity contribution in [3.05, 3.63) is 122 Å². The molecule has 0 aromatic heterocycles. The fourth-order valence-corrected chi connectivity index (χ4v) is 7.11. The molecule has 0 aliphatic heterocycles. The van der Waals surface area contributed by atoms with Gasteiger partial charge in [-0.1, -0.05) is 24.3 Å². The SMILES string of the molecule is Cc1ccc(OP(=O)([N-]P(=O)(Oc2ccc(C)c(C)c2)Oc2ccc(C)c(C)c2)Oc2ccc(C)c(C)c2)cc1C.[Rb+]. The van der Waals surface area contributed by atoms with Crippen LogP contribution in [-0.2, 0) is 9.13 Å². The molecule has 0 amide bonds. The molecule has 0 heterocycles. The van der Waals surface area contributed by atoms with E-state index in [1.54, 1.807) is 48.5 Å². The van der Waals surface area contributed by atoms with Crippen LogP contribution < -0.4 is 76.3 Å². The van der Waals surface area contributed by atoms with Gasteiger partial charge >= 0.3 is 73.7 Å². The second-order valence-electron chi connectivity index (χ2n) is 10.4. The van der Waals surface area contributed by atoms with Crippen LogP contribution in [0.5, 0.6) is 23.0 Å². The maximum Gasteiger partial charge on any atom is 1.00 e. The van der Waals surface area contributed by atoms with Crippen molar-refractivity contribution in [3.63, 3.8) is 0 Å². The normalized spacial score (nSPS) is 11.4. The summed E-state index contributed by atoms with van der Waals surface area (Å²) < 4.78 is 52.5. The minimum Gasteiger partial charge on any atom is -0.429 e. The van der Waals surface area contributed by atoms with E-state index in [2.05, 4.69) is 4.86 Å². The summed E-state index contributed by atoms with van der Waals surface area (Å²) >= 11 is 0. The van der Waals surface area contributed by atoms with Crippen LogP contribution in [0.1, 0.15) is 44.5 Å². The van der Waals surface area contributed by atoms with Gasteiger partial charge in [0, 0.05) is 0 Å². The quantitative estimate of drug-likeness (QED) is 0.163. The Morgan fingerprint density at radius 3 is 0.810 bits per heavy atom. The van der Waals surface area contributed by atoms with E-state index in [-0.39, 0.29) is 81.2 Å². The van der Waals surface area contributed by atoms with Gasteiger partial charge in [0.2, 0.25) is 0 Å². The van der Waals surface area contributed by atoms with Gasteiger partial charge in [0.05, 0.1) is 0 Å². The standard InChI is InChI=1S/C32H36NO6P2.Rb/c1-21-9-13-29(17-25(21)5)36-40(34,37-30-14-10-22(2)26(6)18-30)33-41(35,38-31-15-11-23(3)27(7)19-31)39-32-16-12-24(4)28(8)20-32;/h9-20H,1-8H3;/q-1;+1. The van der Waals surface area contributed by atoms with Gasteiger partial charge in [-0.25, -0.2) is 0 Å². The molecule has 0 saturated heterocycles. The molecule has 0 aliphatic carbocycles. The minimum atomic E-state index is -4.56. The Morgan fingerprint density at radius 1 is 0.405 bits per heavy atom. The zero-order valence-electron chi connectivity index (χ0n) is 25.7. The molecule has 4 aromatic carbocycles. The molecule has 0 radical (unpaired) electrons. The van der Waals surface area contributed by atoms with E-state index in [1.165, 1.54) is 0 Å². The Hall–Kier alpha value is -1.69. The summed E-state index contributed by atoms with van der Waals surface area (Å²) in [4.78, 5) is 4.15. The maximum atomic E-state index is 14.4. The van der Waals surface area contributed by atoms with E-state index in [4.69, 9.17) is 18.1 Å². The molecular formula is C32H36NO6P2Rb. The maximum absolute atomic E-state index is 14.4. The van der Waals surface area contributed by atoms with Gasteiger partial charge in [0.1, 0.15) is 23.0 Å². The van der Waals surface area contributed by atoms with Crippen LogP contribution in [0, 0.1) is 55.4 Å². The molecule has 4 aromatic rings. The molecule has 0 unspecified atom stereocenters. The first-order chi connectivity index (χ1) is 19.2. The van der Waals surface area contributed by atoms with Crippen LogP contribution in [0.15, 0.2) is 72.8 Å². The third kappa shape index (κ3) is 9.16. The van der Waals surface area contributed by atoms with Crippen molar-refractivity contribution in [2.75, 3.05) is 0 Å². The van der Waals surface area contributed by atoms with Crippen molar-refractivity contribution in [1.82, 2.24) is 0 Å². The van der Waals surface area contributed by atoms with E-state index >= 15 is 0 Å². The van der Waals surface area contributed by atoms with Gasteiger partial charge < -0.3 is 23.0 Å². The smallest absolute Gasteiger partial charge is 0.429 e. The molecule has 216 valence electrons. The predicted molar refractivity (Wildman–Crippen MR) is 165 cm³/mol. The number of hydrogen-bond donors (Lipinski definition) is 0. The molecule has 0 saturated carbocycles. The summed E-state index contributed by atoms with van der Waals surface area (Å²) in [5, 5.41) is 0. The summed E-state index contributed by atoms with van der Waals surface area (Å²) in [6.07, 6.45) is 0. The molecule has 0 aliphatic rings. The van der Waals surface area contributed by atoms with Crippen LogP contribution in [-0.4, -0.2) is 0 Å². The van der Waals surface area contributed by atoms with Crippen molar-refractivity contribution in [1.29, 1.82) is 0 Å². The van der Waals surface area contributed by atoms with E-state index in [1.807, 2.05) is 79.7 Å². The zero-order chi connectivity index (χ0) is 29.9. The van der Waals surface area contributed by atoms with Gasteiger partial charge in [-0.2, -0.15) is 0 Å². The van der Waals surface area contributed by atoms with Crippen LogP contribution in [0.3, 0.4) is 0 Å². The molecular weight excluding hydrogens is 642 g/mol. The Morgan fingerprint density at radius 2 is 0.619 bits per heavy atom. The van der Waals surface area contributed by atoms with Gasteiger partial charge in [0.15, 0.2) is 0 Å². The minimum absolute atomic E-state index is 0. The van der Waals surface area contributed by atoms with Gasteiger partial charge in [-0.3, -0.25) is 9.13 Å². The van der Waals surface area contributed by atoms with Crippen molar-refractivity contribution < 1.29 is 85.4 Å². The van der Waals surface area contributed by atoms with Gasteiger partial charge in [0.25, 0.3) is 0 Å². The summed E-state index contributed by atoms with van der Waals surface area (Å²) in [5.74, 6) is 0.974. The third-order valence-electron chi connectivity index (χ3n) is 7.02. The fraction of sp³-hybridized carbons (Fsp3) is 0.250. The summed E-state index contributed by atoms with van der Waals surface area (Å²) in [6.45, 7) is 15.5. The van der Waals surface area contributed by atoms with E-state index in [0.29, 0.717) is 0 Å². The molecule has 0 spiro atoms. The van der Waals surface area contributed by atoms with Crippen molar-refractivity contribution in [2.45, 2.75) is 55.4 Å². The number of rotatable bonds is 10. The van der Waals surface area contributed by atoms with E-state index in [9.17, 15) is 9.13 Å². The Labute approximate surface area is 298 Å². The summed E-state index contributed by atoms with van der Waals surface area (Å²) in [5.41, 5.74) is 7.79. The average Bonchev–Trinajstić information content (AvgIpc) is 2.88. The predicted octanol–water partition coefficient (Wildman–Crippen LogP) is 7.36. The fourth-order valence-electron chi connectivity index (χ4n) is 3.86. The number of aryl methyl sites for hydroxylation is 8. The second kappa shape index (κ2) is 14.4. The molecule has 0 N–H and O–H groups in total. The first-order valence-corrected chi connectivity index (χ1v) is 16.3. The molecule has 0 bridgehead atoms. The van der Waals surface area contributed by atoms with Crippen molar-refractivity contribution in [2.24, 2.45) is 0 Å². The van der Waals surface area contributed by atoms with Crippen molar-refractivity contribution in [3.8, 4) is 23.0 Å². The van der Waals surface area contributed by atoms with E-state index in [0.717, 1.165) is 44.5 Å². The largest absolute Gasteiger partial charge is 1.00 e. The third-order valence-corrected chi connectivity index (χ3v) is 10.5. The second-order valence-corrected chi connectivity index (χ2v) is 13.7. The molecule has 42 heavy (non-hydrogen) atoms. The Bertz CT molecular complexity index is 1450. The van der Waals surface area contributed by atoms with Crippen LogP contribution in [0.25, 0.3) is 4.86 Å².